The van der Waals surface area contributed by atoms with Crippen molar-refractivity contribution in [1.29, 1.82) is 0 Å². The molecule has 1 saturated carbocycles. The summed E-state index contributed by atoms with van der Waals surface area (Å²) in [6.45, 7) is 5.10. The number of benzene rings is 1. The lowest BCUT2D eigenvalue weighted by Gasteiger charge is -2.37. The van der Waals surface area contributed by atoms with Crippen molar-refractivity contribution in [2.45, 2.75) is 45.1 Å². The molecule has 1 aliphatic carbocycles. The minimum Gasteiger partial charge on any atom is -0.357 e. The normalized spacial score (nSPS) is 17.3. The van der Waals surface area contributed by atoms with Crippen molar-refractivity contribution < 1.29 is 6.22 Å². The maximum Gasteiger partial charge on any atom is 0.274 e. The van der Waals surface area contributed by atoms with Crippen LogP contribution >= 0.6 is 0 Å². The first kappa shape index (κ1) is 23.3. The quantitative estimate of drug-likeness (QED) is 0.606. The molecule has 1 atom stereocenters. The lowest BCUT2D eigenvalue weighted by molar-refractivity contribution is 0.0722. The Morgan fingerprint density at radius 1 is 1.15 bits per heavy atom. The predicted octanol–water partition coefficient (Wildman–Crippen LogP) is 4.83. The van der Waals surface area contributed by atoms with Crippen molar-refractivity contribution in [3.63, 3.8) is 0 Å². The Morgan fingerprint density at radius 2 is 1.82 bits per heavy atom. The van der Waals surface area contributed by atoms with Gasteiger partial charge in [0, 0.05) is 45.9 Å². The first-order chi connectivity index (χ1) is 16.0. The van der Waals surface area contributed by atoms with Gasteiger partial charge >= 0.3 is 0 Å². The fourth-order valence-electron chi connectivity index (χ4n) is 4.58. The second-order valence-corrected chi connectivity index (χ2v) is 9.54. The number of nitrogens with zero attached hydrogens (tertiary/aromatic N) is 3. The number of piperidine rings is 1. The van der Waals surface area contributed by atoms with Gasteiger partial charge < -0.3 is 14.5 Å². The number of likely N-dealkylation sites (tertiary alicyclic amines) is 1. The topological polar surface area (TPSA) is 61.3 Å². The smallest absolute Gasteiger partial charge is 0.274 e. The van der Waals surface area contributed by atoms with E-state index < -0.39 is 0 Å². The summed E-state index contributed by atoms with van der Waals surface area (Å²) in [7, 11) is 3.55. The second kappa shape index (κ2) is 10.4. The Balaban J connectivity index is 0.000000751. The predicted molar refractivity (Wildman–Crippen MR) is 136 cm³/mol. The third-order valence-electron chi connectivity index (χ3n) is 6.84. The molecule has 1 aromatic carbocycles. The van der Waals surface area contributed by atoms with E-state index in [1.165, 1.54) is 29.4 Å². The summed E-state index contributed by atoms with van der Waals surface area (Å²) in [5, 5.41) is 0.696. The van der Waals surface area contributed by atoms with Gasteiger partial charge in [0.1, 0.15) is 5.52 Å². The number of aryl methyl sites for hydroxylation is 1. The number of nitrogens with one attached hydrogen (secondary N) is 1. The summed E-state index contributed by atoms with van der Waals surface area (Å²) >= 11 is 0. The average molecular weight is 451 g/mol. The highest BCUT2D eigenvalue weighted by atomic mass is 16.2. The van der Waals surface area contributed by atoms with Crippen LogP contribution in [0.15, 0.2) is 53.6 Å². The largest absolute Gasteiger partial charge is 0.357 e. The number of aromatic nitrogens is 2. The van der Waals surface area contributed by atoms with Crippen molar-refractivity contribution >= 4 is 16.8 Å². The minimum absolute atomic E-state index is 0. The highest BCUT2D eigenvalue weighted by molar-refractivity contribution is 6.05. The van der Waals surface area contributed by atoms with Gasteiger partial charge in [-0.2, -0.15) is 0 Å². The van der Waals surface area contributed by atoms with E-state index >= 15 is 0 Å². The summed E-state index contributed by atoms with van der Waals surface area (Å²) in [5.74, 6) is 0.461. The lowest BCUT2D eigenvalue weighted by atomic mass is 9.94. The van der Waals surface area contributed by atoms with Crippen molar-refractivity contribution in [2.75, 3.05) is 26.7 Å². The molecule has 1 amide bonds. The van der Waals surface area contributed by atoms with E-state index in [0.717, 1.165) is 32.5 Å². The van der Waals surface area contributed by atoms with Crippen molar-refractivity contribution in [3.8, 4) is 0 Å². The molecule has 2 aliphatic rings. The van der Waals surface area contributed by atoms with E-state index in [1.54, 1.807) is 25.5 Å². The number of pyridine rings is 1. The average Bonchev–Trinajstić information content (AvgIpc) is 3.65. The molecule has 3 heterocycles. The van der Waals surface area contributed by atoms with Gasteiger partial charge in [-0.1, -0.05) is 49.6 Å². The fourth-order valence-corrected chi connectivity index (χ4v) is 4.58. The molecule has 33 heavy (non-hydrogen) atoms. The molecule has 1 N–H and O–H groups in total. The number of carbonyl (C=O) groups excluding carboxylic acids is 1. The molecule has 6 nitrogen and oxygen atoms in total. The van der Waals surface area contributed by atoms with E-state index in [1.807, 2.05) is 11.9 Å². The molecule has 0 radical (unpaired) electrons. The van der Waals surface area contributed by atoms with Gasteiger partial charge in [-0.15, -0.1) is 0 Å². The molecular formula is C27H38N4O2. The minimum atomic E-state index is -0.117. The van der Waals surface area contributed by atoms with Crippen LogP contribution in [0.3, 0.4) is 0 Å². The molecule has 1 aliphatic heterocycles. The Hall–Kier alpha value is -2.86. The molecule has 6 heteroatoms. The van der Waals surface area contributed by atoms with Gasteiger partial charge in [0.25, 0.3) is 11.5 Å². The van der Waals surface area contributed by atoms with Crippen LogP contribution in [-0.4, -0.2) is 51.9 Å². The number of hydrogen-bond donors (Lipinski definition) is 1. The van der Waals surface area contributed by atoms with Crippen LogP contribution in [0.1, 0.15) is 62.4 Å². The summed E-state index contributed by atoms with van der Waals surface area (Å²) in [4.78, 5) is 32.7. The monoisotopic (exact) mass is 450 g/mol. The molecule has 0 spiro atoms. The summed E-state index contributed by atoms with van der Waals surface area (Å²) in [6, 6.07) is 12.9. The third-order valence-corrected chi connectivity index (χ3v) is 6.84. The first-order valence-electron chi connectivity index (χ1n) is 12.2. The second-order valence-electron chi connectivity index (χ2n) is 9.54. The van der Waals surface area contributed by atoms with E-state index in [9.17, 15) is 9.59 Å². The van der Waals surface area contributed by atoms with Gasteiger partial charge in [-0.25, -0.2) is 0 Å². The van der Waals surface area contributed by atoms with Crippen LogP contribution in [-0.2, 0) is 7.05 Å². The van der Waals surface area contributed by atoms with Crippen LogP contribution < -0.4 is 5.56 Å². The molecule has 3 aromatic rings. The number of amides is 1. The van der Waals surface area contributed by atoms with E-state index in [0.29, 0.717) is 28.4 Å². The van der Waals surface area contributed by atoms with Crippen molar-refractivity contribution in [3.05, 3.63) is 70.3 Å². The number of hydrogen-bond acceptors (Lipinski definition) is 3. The molecule has 1 saturated heterocycles. The third kappa shape index (κ3) is 5.56. The SMILES string of the molecule is C1CC1.CC(c1ccccc1)N1CCC(CN(C)C(=O)c2cn(C)c(=O)c3[nH]ccc23)CC1.[HH]. The van der Waals surface area contributed by atoms with Crippen LogP contribution in [0.5, 0.6) is 0 Å². The van der Waals surface area contributed by atoms with Crippen LogP contribution in [0.2, 0.25) is 0 Å². The van der Waals surface area contributed by atoms with E-state index in [4.69, 9.17) is 0 Å². The van der Waals surface area contributed by atoms with Crippen molar-refractivity contribution in [2.24, 2.45) is 13.0 Å². The first-order valence-corrected chi connectivity index (χ1v) is 12.2. The maximum atomic E-state index is 13.1. The number of H-pyrrole nitrogens is 1. The number of carbonyl (C=O) groups is 1. The van der Waals surface area contributed by atoms with E-state index in [2.05, 4.69) is 47.1 Å². The summed E-state index contributed by atoms with van der Waals surface area (Å²) in [5.41, 5.74) is 2.30. The van der Waals surface area contributed by atoms with Crippen LogP contribution in [0.25, 0.3) is 10.9 Å². The Kier molecular flexibility index (Phi) is 7.33. The van der Waals surface area contributed by atoms with Crippen LogP contribution in [0, 0.1) is 5.92 Å². The molecule has 2 aromatic heterocycles. The van der Waals surface area contributed by atoms with Gasteiger partial charge in [-0.05, 0) is 50.4 Å². The van der Waals surface area contributed by atoms with Crippen molar-refractivity contribution in [1.82, 2.24) is 19.4 Å². The zero-order valence-electron chi connectivity index (χ0n) is 20.1. The number of fused-ring (bicyclic) bond motifs is 1. The molecule has 0 bridgehead atoms. The van der Waals surface area contributed by atoms with Gasteiger partial charge in [0.15, 0.2) is 0 Å². The summed E-state index contributed by atoms with van der Waals surface area (Å²) < 4.78 is 1.48. The maximum absolute atomic E-state index is 13.1. The van der Waals surface area contributed by atoms with Gasteiger partial charge in [0.2, 0.25) is 0 Å². The van der Waals surface area contributed by atoms with Gasteiger partial charge in [0.05, 0.1) is 5.56 Å². The molecule has 2 fully saturated rings. The summed E-state index contributed by atoms with van der Waals surface area (Å²) in [6.07, 6.45) is 10.0. The Bertz CT molecular complexity index is 1130. The standard InChI is InChI=1S/C24H30N4O2.C3H6.H2/c1-17(19-7-5-4-6-8-19)28-13-10-18(11-14-28)15-26(2)23(29)21-16-27(3)24(30)22-20(21)9-12-25-22;1-2-3-1;/h4-9,12,16-18,25H,10-11,13-15H2,1-3H3;1-3H2;1H. The molecule has 5 rings (SSSR count). The Morgan fingerprint density at radius 3 is 2.45 bits per heavy atom. The highest BCUT2D eigenvalue weighted by Crippen LogP contribution is 2.27. The Labute approximate surface area is 197 Å². The number of aromatic amines is 1. The van der Waals surface area contributed by atoms with Crippen LogP contribution in [0.4, 0.5) is 0 Å². The van der Waals surface area contributed by atoms with Gasteiger partial charge in [-0.3, -0.25) is 14.5 Å². The zero-order chi connectivity index (χ0) is 23.4. The zero-order valence-corrected chi connectivity index (χ0v) is 20.1. The highest BCUT2D eigenvalue weighted by Gasteiger charge is 2.26. The van der Waals surface area contributed by atoms with E-state index in [-0.39, 0.29) is 12.9 Å². The molecular weight excluding hydrogens is 412 g/mol. The lowest BCUT2D eigenvalue weighted by Crippen LogP contribution is -2.40. The number of rotatable bonds is 5. The molecule has 178 valence electrons. The fraction of sp³-hybridized carbons (Fsp3) is 0.481. The molecule has 1 unspecified atom stereocenters.